The molecule has 0 aliphatic carbocycles. The van der Waals surface area contributed by atoms with Crippen molar-refractivity contribution in [2.45, 2.75) is 34.1 Å². The molecule has 4 rings (SSSR count). The molecule has 0 saturated heterocycles. The third-order valence-electron chi connectivity index (χ3n) is 5.55. The minimum Gasteiger partial charge on any atom is -0.478 e. The Morgan fingerprint density at radius 3 is 2.03 bits per heavy atom. The number of rotatable bonds is 6. The molecule has 0 unspecified atom stereocenters. The fourth-order valence-corrected chi connectivity index (χ4v) is 3.44. The molecule has 10 nitrogen and oxygen atoms in total. The van der Waals surface area contributed by atoms with E-state index in [1.54, 1.807) is 49.6 Å². The van der Waals surface area contributed by atoms with Crippen LogP contribution in [0.1, 0.15) is 50.4 Å². The largest absolute Gasteiger partial charge is 0.478 e. The van der Waals surface area contributed by atoms with E-state index in [9.17, 15) is 19.2 Å². The van der Waals surface area contributed by atoms with Crippen LogP contribution in [-0.2, 0) is 20.7 Å². The van der Waals surface area contributed by atoms with Gasteiger partial charge in [-0.3, -0.25) is 34.3 Å². The molecule has 10 heteroatoms. The summed E-state index contributed by atoms with van der Waals surface area (Å²) in [5.74, 6) is -2.18. The predicted molar refractivity (Wildman–Crippen MR) is 142 cm³/mol. The van der Waals surface area contributed by atoms with Crippen molar-refractivity contribution in [2.75, 3.05) is 0 Å². The highest BCUT2D eigenvalue weighted by Crippen LogP contribution is 2.21. The SMILES string of the molecule is CC(=O)OC(=O)Cc1nc(C)c(C)nc1C.O=Cc1cccc(-c2cnc(-c3ccc(C(=O)O)cc3)cn2)c1. The molecule has 0 radical (unpaired) electrons. The Hall–Kier alpha value is -5.12. The topological polar surface area (TPSA) is 149 Å². The Morgan fingerprint density at radius 2 is 1.46 bits per heavy atom. The molecule has 2 aromatic carbocycles. The summed E-state index contributed by atoms with van der Waals surface area (Å²) in [7, 11) is 0. The Morgan fingerprint density at radius 1 is 0.846 bits per heavy atom. The second-order valence-corrected chi connectivity index (χ2v) is 8.48. The van der Waals surface area contributed by atoms with Crippen LogP contribution >= 0.6 is 0 Å². The average molecular weight is 527 g/mol. The lowest BCUT2D eigenvalue weighted by molar-refractivity contribution is -0.157. The number of carboxylic acid groups (broad SMARTS) is 1. The van der Waals surface area contributed by atoms with Crippen molar-refractivity contribution in [3.05, 3.63) is 94.8 Å². The number of carbonyl (C=O) groups is 4. The van der Waals surface area contributed by atoms with Gasteiger partial charge in [-0.2, -0.15) is 0 Å². The zero-order valence-corrected chi connectivity index (χ0v) is 21.8. The monoisotopic (exact) mass is 526 g/mol. The number of aromatic nitrogens is 4. The fraction of sp³-hybridized carbons (Fsp3) is 0.172. The van der Waals surface area contributed by atoms with Gasteiger partial charge in [0.1, 0.15) is 6.29 Å². The highest BCUT2D eigenvalue weighted by Gasteiger charge is 2.13. The molecular weight excluding hydrogens is 500 g/mol. The molecule has 0 aliphatic rings. The summed E-state index contributed by atoms with van der Waals surface area (Å²) in [4.78, 5) is 60.7. The van der Waals surface area contributed by atoms with E-state index in [0.29, 0.717) is 28.3 Å². The zero-order valence-electron chi connectivity index (χ0n) is 21.8. The van der Waals surface area contributed by atoms with Crippen LogP contribution in [0.4, 0.5) is 0 Å². The first-order chi connectivity index (χ1) is 18.6. The number of carboxylic acids is 1. The molecule has 0 fully saturated rings. The van der Waals surface area contributed by atoms with Crippen LogP contribution in [-0.4, -0.2) is 49.2 Å². The minimum atomic E-state index is -0.965. The number of hydrogen-bond donors (Lipinski definition) is 1. The van der Waals surface area contributed by atoms with Crippen LogP contribution in [0.5, 0.6) is 0 Å². The molecule has 0 spiro atoms. The number of nitrogens with zero attached hydrogens (tertiary/aromatic N) is 4. The van der Waals surface area contributed by atoms with Gasteiger partial charge in [0.25, 0.3) is 0 Å². The minimum absolute atomic E-state index is 0.0282. The van der Waals surface area contributed by atoms with E-state index in [-0.39, 0.29) is 12.0 Å². The summed E-state index contributed by atoms with van der Waals surface area (Å²) in [6.45, 7) is 6.64. The van der Waals surface area contributed by atoms with E-state index in [1.807, 2.05) is 19.9 Å². The molecule has 39 heavy (non-hydrogen) atoms. The number of aryl methyl sites for hydroxylation is 3. The summed E-state index contributed by atoms with van der Waals surface area (Å²) >= 11 is 0. The summed E-state index contributed by atoms with van der Waals surface area (Å²) < 4.78 is 4.43. The van der Waals surface area contributed by atoms with E-state index in [0.717, 1.165) is 28.8 Å². The van der Waals surface area contributed by atoms with E-state index in [1.165, 1.54) is 19.1 Å². The highest BCUT2D eigenvalue weighted by atomic mass is 16.6. The summed E-state index contributed by atoms with van der Waals surface area (Å²) in [6.07, 6.45) is 4.01. The van der Waals surface area contributed by atoms with Crippen molar-refractivity contribution in [3.8, 4) is 22.5 Å². The third-order valence-corrected chi connectivity index (χ3v) is 5.55. The van der Waals surface area contributed by atoms with Gasteiger partial charge in [-0.1, -0.05) is 30.3 Å². The first kappa shape index (κ1) is 28.5. The van der Waals surface area contributed by atoms with Crippen molar-refractivity contribution < 1.29 is 29.0 Å². The van der Waals surface area contributed by atoms with Crippen molar-refractivity contribution in [2.24, 2.45) is 0 Å². The third kappa shape index (κ3) is 7.93. The van der Waals surface area contributed by atoms with E-state index in [2.05, 4.69) is 24.7 Å². The average Bonchev–Trinajstić information content (AvgIpc) is 2.92. The molecule has 0 saturated carbocycles. The van der Waals surface area contributed by atoms with Gasteiger partial charge in [-0.25, -0.2) is 4.79 Å². The van der Waals surface area contributed by atoms with Crippen LogP contribution in [0.2, 0.25) is 0 Å². The second-order valence-electron chi connectivity index (χ2n) is 8.48. The molecule has 0 amide bonds. The highest BCUT2D eigenvalue weighted by molar-refractivity contribution is 5.88. The molecule has 0 atom stereocenters. The lowest BCUT2D eigenvalue weighted by Crippen LogP contribution is -2.14. The van der Waals surface area contributed by atoms with Crippen molar-refractivity contribution in [3.63, 3.8) is 0 Å². The van der Waals surface area contributed by atoms with Gasteiger partial charge in [-0.15, -0.1) is 0 Å². The summed E-state index contributed by atoms with van der Waals surface area (Å²) in [5.41, 5.74) is 6.57. The van der Waals surface area contributed by atoms with Crippen LogP contribution in [0, 0.1) is 20.8 Å². The molecule has 198 valence electrons. The Bertz CT molecular complexity index is 1520. The van der Waals surface area contributed by atoms with Gasteiger partial charge >= 0.3 is 17.9 Å². The second kappa shape index (κ2) is 12.9. The fourth-order valence-electron chi connectivity index (χ4n) is 3.44. The number of esters is 2. The molecule has 0 aliphatic heterocycles. The molecule has 2 heterocycles. The first-order valence-corrected chi connectivity index (χ1v) is 11.8. The van der Waals surface area contributed by atoms with E-state index < -0.39 is 17.9 Å². The lowest BCUT2D eigenvalue weighted by atomic mass is 10.1. The maximum Gasteiger partial charge on any atom is 0.335 e. The first-order valence-electron chi connectivity index (χ1n) is 11.8. The number of aldehydes is 1. The smallest absolute Gasteiger partial charge is 0.335 e. The van der Waals surface area contributed by atoms with Crippen LogP contribution in [0.3, 0.4) is 0 Å². The Labute approximate surface area is 224 Å². The Balaban J connectivity index is 0.000000231. The number of carbonyl (C=O) groups excluding carboxylic acids is 3. The summed E-state index contributed by atoms with van der Waals surface area (Å²) in [5, 5.41) is 8.90. The molecule has 4 aromatic rings. The van der Waals surface area contributed by atoms with Gasteiger partial charge in [0.2, 0.25) is 0 Å². The lowest BCUT2D eigenvalue weighted by Gasteiger charge is -2.06. The number of aromatic carboxylic acids is 1. The number of hydrogen-bond acceptors (Lipinski definition) is 9. The van der Waals surface area contributed by atoms with Gasteiger partial charge in [0.15, 0.2) is 0 Å². The molecular formula is C29H26N4O6. The van der Waals surface area contributed by atoms with Crippen molar-refractivity contribution >= 4 is 24.2 Å². The van der Waals surface area contributed by atoms with Crippen LogP contribution in [0.15, 0.2) is 60.9 Å². The zero-order chi connectivity index (χ0) is 28.5. The van der Waals surface area contributed by atoms with E-state index in [4.69, 9.17) is 5.11 Å². The van der Waals surface area contributed by atoms with E-state index >= 15 is 0 Å². The van der Waals surface area contributed by atoms with Gasteiger partial charge in [-0.05, 0) is 39.0 Å². The Kier molecular flexibility index (Phi) is 9.42. The standard InChI is InChI=1S/C18H12N2O3.C11H14N2O3/c21-11-12-2-1-3-15(8-12)17-10-19-16(9-20-17)13-4-6-14(7-5-13)18(22)23;1-6-7(2)13-10(8(3)12-6)5-11(15)16-9(4)14/h1-11H,(H,22,23);5H2,1-4H3. The maximum absolute atomic E-state index is 11.3. The van der Waals surface area contributed by atoms with Gasteiger partial charge in [0, 0.05) is 23.6 Å². The quantitative estimate of drug-likeness (QED) is 0.218. The normalized spacial score (nSPS) is 10.2. The molecule has 2 aromatic heterocycles. The van der Waals surface area contributed by atoms with Crippen molar-refractivity contribution in [1.82, 2.24) is 19.9 Å². The molecule has 1 N–H and O–H groups in total. The van der Waals surface area contributed by atoms with Crippen LogP contribution < -0.4 is 0 Å². The summed E-state index contributed by atoms with van der Waals surface area (Å²) in [6, 6.07) is 13.6. The molecule has 0 bridgehead atoms. The number of benzene rings is 2. The van der Waals surface area contributed by atoms with Crippen LogP contribution in [0.25, 0.3) is 22.5 Å². The number of ether oxygens (including phenoxy) is 1. The van der Waals surface area contributed by atoms with Gasteiger partial charge < -0.3 is 9.84 Å². The van der Waals surface area contributed by atoms with Crippen molar-refractivity contribution in [1.29, 1.82) is 0 Å². The predicted octanol–water partition coefficient (Wildman–Crippen LogP) is 4.36. The maximum atomic E-state index is 11.3. The van der Waals surface area contributed by atoms with Gasteiger partial charge in [0.05, 0.1) is 58.5 Å².